The number of aromatic nitrogens is 4. The van der Waals surface area contributed by atoms with Crippen LogP contribution in [0.5, 0.6) is 0 Å². The van der Waals surface area contributed by atoms with Gasteiger partial charge in [0, 0.05) is 19.3 Å². The van der Waals surface area contributed by atoms with E-state index in [-0.39, 0.29) is 34.8 Å². The third-order valence-electron chi connectivity index (χ3n) is 4.45. The third-order valence-corrected chi connectivity index (χ3v) is 4.45. The highest BCUT2D eigenvalue weighted by molar-refractivity contribution is 5.84. The first-order valence-electron chi connectivity index (χ1n) is 8.52. The third kappa shape index (κ3) is 3.52. The summed E-state index contributed by atoms with van der Waals surface area (Å²) in [5.74, 6) is -1.64. The Morgan fingerprint density at radius 2 is 1.97 bits per heavy atom. The van der Waals surface area contributed by atoms with E-state index in [1.807, 2.05) is 0 Å². The van der Waals surface area contributed by atoms with E-state index in [0.717, 1.165) is 16.8 Å². The number of anilines is 2. The van der Waals surface area contributed by atoms with Gasteiger partial charge in [-0.05, 0) is 30.7 Å². The minimum absolute atomic E-state index is 0.0259. The number of rotatable bonds is 4. The molecule has 2 N–H and O–H groups in total. The first kappa shape index (κ1) is 18.9. The van der Waals surface area contributed by atoms with Gasteiger partial charge in [-0.2, -0.15) is 22.7 Å². The summed E-state index contributed by atoms with van der Waals surface area (Å²) in [7, 11) is 1.35. The summed E-state index contributed by atoms with van der Waals surface area (Å²) in [6, 6.07) is 4.09. The molecule has 8 nitrogen and oxygen atoms in total. The molecule has 4 rings (SSSR count). The molecule has 1 aromatic carbocycles. The van der Waals surface area contributed by atoms with Gasteiger partial charge < -0.3 is 15.1 Å². The second-order valence-electron chi connectivity index (χ2n) is 6.42. The van der Waals surface area contributed by atoms with Crippen molar-refractivity contribution in [2.75, 3.05) is 11.9 Å². The Labute approximate surface area is 160 Å². The fourth-order valence-corrected chi connectivity index (χ4v) is 2.95. The summed E-state index contributed by atoms with van der Waals surface area (Å²) in [5.41, 5.74) is -0.784. The minimum atomic E-state index is -4.48. The summed E-state index contributed by atoms with van der Waals surface area (Å²) >= 11 is 0. The maximum Gasteiger partial charge on any atom is 0.416 e. The lowest BCUT2D eigenvalue weighted by Crippen LogP contribution is -2.18. The molecule has 1 aliphatic heterocycles. The number of carbonyl (C=O) groups excluding carboxylic acids is 1. The number of nitrogens with zero attached hydrogens (tertiary/aromatic N) is 4. The van der Waals surface area contributed by atoms with Gasteiger partial charge >= 0.3 is 6.18 Å². The molecule has 0 aliphatic carbocycles. The van der Waals surface area contributed by atoms with Crippen LogP contribution in [0.4, 0.5) is 28.9 Å². The van der Waals surface area contributed by atoms with Crippen molar-refractivity contribution in [2.45, 2.75) is 18.5 Å². The lowest BCUT2D eigenvalue weighted by atomic mass is 10.1. The highest BCUT2D eigenvalue weighted by atomic mass is 19.4. The highest BCUT2D eigenvalue weighted by Gasteiger charge is 2.32. The molecule has 1 fully saturated rings. The van der Waals surface area contributed by atoms with Crippen molar-refractivity contribution in [1.82, 2.24) is 25.3 Å². The normalized spacial score (nSPS) is 16.9. The van der Waals surface area contributed by atoms with E-state index < -0.39 is 23.6 Å². The molecule has 1 atom stereocenters. The van der Waals surface area contributed by atoms with Crippen molar-refractivity contribution >= 4 is 17.3 Å². The summed E-state index contributed by atoms with van der Waals surface area (Å²) in [5, 5.41) is 17.0. The molecule has 1 amide bonds. The van der Waals surface area contributed by atoms with Gasteiger partial charge in [0.1, 0.15) is 11.6 Å². The van der Waals surface area contributed by atoms with E-state index in [1.54, 1.807) is 0 Å². The molecule has 3 heterocycles. The number of alkyl halides is 3. The van der Waals surface area contributed by atoms with Gasteiger partial charge in [0.2, 0.25) is 17.7 Å². The Hall–Kier alpha value is -3.44. The number of halogens is 4. The number of amides is 1. The lowest BCUT2D eigenvalue weighted by Gasteiger charge is -2.09. The highest BCUT2D eigenvalue weighted by Crippen LogP contribution is 2.34. The van der Waals surface area contributed by atoms with Crippen molar-refractivity contribution in [1.29, 1.82) is 0 Å². The van der Waals surface area contributed by atoms with Crippen LogP contribution in [0.15, 0.2) is 28.7 Å². The average Bonchev–Trinajstić information content (AvgIpc) is 3.37. The van der Waals surface area contributed by atoms with Gasteiger partial charge in [0.25, 0.3) is 5.89 Å². The molecule has 3 aromatic rings. The van der Waals surface area contributed by atoms with E-state index in [1.165, 1.54) is 19.2 Å². The van der Waals surface area contributed by atoms with Gasteiger partial charge in [0.15, 0.2) is 5.69 Å². The number of benzene rings is 1. The molecule has 1 unspecified atom stereocenters. The second kappa shape index (κ2) is 6.87. The maximum absolute atomic E-state index is 14.5. The fraction of sp³-hybridized carbons (Fsp3) is 0.294. The number of hydrogen-bond donors (Lipinski definition) is 2. The molecule has 1 saturated heterocycles. The molecule has 29 heavy (non-hydrogen) atoms. The Balaban J connectivity index is 1.64. The van der Waals surface area contributed by atoms with E-state index in [0.29, 0.717) is 13.0 Å². The monoisotopic (exact) mass is 410 g/mol. The Bertz CT molecular complexity index is 1060. The molecular weight excluding hydrogens is 396 g/mol. The van der Waals surface area contributed by atoms with Crippen LogP contribution in [0.1, 0.15) is 23.8 Å². The van der Waals surface area contributed by atoms with Crippen LogP contribution >= 0.6 is 0 Å². The predicted octanol–water partition coefficient (Wildman–Crippen LogP) is 2.98. The summed E-state index contributed by atoms with van der Waals surface area (Å²) in [4.78, 5) is 11.8. The van der Waals surface area contributed by atoms with Crippen molar-refractivity contribution < 1.29 is 26.8 Å². The van der Waals surface area contributed by atoms with E-state index >= 15 is 0 Å². The van der Waals surface area contributed by atoms with Crippen LogP contribution in [0.3, 0.4) is 0 Å². The van der Waals surface area contributed by atoms with Gasteiger partial charge in [0.05, 0.1) is 5.56 Å². The quantitative estimate of drug-likeness (QED) is 0.642. The SMILES string of the molecule is Cn1nc(-c2nnc(C3CCNC3=O)o2)c(Nc2ccc(C(F)(F)F)cc2)c1F. The number of carbonyl (C=O) groups is 1. The number of hydrogen-bond acceptors (Lipinski definition) is 6. The lowest BCUT2D eigenvalue weighted by molar-refractivity contribution is -0.137. The van der Waals surface area contributed by atoms with Crippen LogP contribution in [0.2, 0.25) is 0 Å². The Kier molecular flexibility index (Phi) is 4.47. The Morgan fingerprint density at radius 1 is 1.24 bits per heavy atom. The van der Waals surface area contributed by atoms with Crippen LogP contribution in [-0.2, 0) is 18.0 Å². The first-order chi connectivity index (χ1) is 13.7. The first-order valence-corrected chi connectivity index (χ1v) is 8.52. The molecule has 0 radical (unpaired) electrons. The summed E-state index contributed by atoms with van der Waals surface area (Å²) in [6.07, 6.45) is -3.98. The molecule has 0 saturated carbocycles. The minimum Gasteiger partial charge on any atom is -0.418 e. The molecule has 0 bridgehead atoms. The van der Waals surface area contributed by atoms with Gasteiger partial charge in [-0.15, -0.1) is 10.2 Å². The van der Waals surface area contributed by atoms with Crippen molar-refractivity contribution in [3.63, 3.8) is 0 Å². The maximum atomic E-state index is 14.5. The van der Waals surface area contributed by atoms with Gasteiger partial charge in [-0.25, -0.2) is 4.68 Å². The average molecular weight is 410 g/mol. The topological polar surface area (TPSA) is 97.9 Å². The smallest absolute Gasteiger partial charge is 0.416 e. The van der Waals surface area contributed by atoms with Crippen molar-refractivity contribution in [3.05, 3.63) is 41.7 Å². The molecule has 2 aromatic heterocycles. The fourth-order valence-electron chi connectivity index (χ4n) is 2.95. The molecule has 0 spiro atoms. The predicted molar refractivity (Wildman–Crippen MR) is 91.6 cm³/mol. The summed E-state index contributed by atoms with van der Waals surface area (Å²) < 4.78 is 59.1. The molecule has 1 aliphatic rings. The molecule has 152 valence electrons. The number of aryl methyl sites for hydroxylation is 1. The summed E-state index contributed by atoms with van der Waals surface area (Å²) in [6.45, 7) is 0.486. The largest absolute Gasteiger partial charge is 0.418 e. The standard InChI is InChI=1S/C17H14F4N6O2/c1-27-13(18)11(23-9-4-2-8(3-5-9)17(19,20)21)12(26-27)16-25-24-15(29-16)10-6-7-22-14(10)28/h2-5,10,23H,6-7H2,1H3,(H,22,28). The van der Waals surface area contributed by atoms with Crippen LogP contribution < -0.4 is 10.6 Å². The van der Waals surface area contributed by atoms with E-state index in [2.05, 4.69) is 25.9 Å². The van der Waals surface area contributed by atoms with Crippen LogP contribution in [-0.4, -0.2) is 32.4 Å². The zero-order chi connectivity index (χ0) is 20.8. The number of nitrogens with one attached hydrogen (secondary N) is 2. The Morgan fingerprint density at radius 3 is 2.59 bits per heavy atom. The van der Waals surface area contributed by atoms with Crippen molar-refractivity contribution in [2.24, 2.45) is 7.05 Å². The van der Waals surface area contributed by atoms with Gasteiger partial charge in [-0.3, -0.25) is 4.79 Å². The van der Waals surface area contributed by atoms with Crippen LogP contribution in [0, 0.1) is 5.95 Å². The zero-order valence-corrected chi connectivity index (χ0v) is 14.9. The van der Waals surface area contributed by atoms with Gasteiger partial charge in [-0.1, -0.05) is 0 Å². The zero-order valence-electron chi connectivity index (χ0n) is 14.9. The second-order valence-corrected chi connectivity index (χ2v) is 6.42. The van der Waals surface area contributed by atoms with Crippen LogP contribution in [0.25, 0.3) is 11.6 Å². The molecular formula is C17H14F4N6O2. The van der Waals surface area contributed by atoms with E-state index in [9.17, 15) is 22.4 Å². The molecule has 12 heteroatoms. The van der Waals surface area contributed by atoms with Crippen molar-refractivity contribution in [3.8, 4) is 11.6 Å². The van der Waals surface area contributed by atoms with E-state index in [4.69, 9.17) is 4.42 Å².